The molecule has 3 fully saturated rings. The number of likely N-dealkylation sites (tertiary alicyclic amines) is 2. The molecule has 2 saturated heterocycles. The molecule has 5 heteroatoms. The van der Waals surface area contributed by atoms with E-state index < -0.39 is 5.97 Å². The number of amides is 2. The molecule has 118 valence electrons. The maximum absolute atomic E-state index is 12.7. The molecule has 0 spiro atoms. The van der Waals surface area contributed by atoms with Crippen LogP contribution < -0.4 is 0 Å². The molecule has 1 N–H and O–H groups in total. The lowest BCUT2D eigenvalue weighted by atomic mass is 9.93. The number of carboxylic acids is 1. The highest BCUT2D eigenvalue weighted by molar-refractivity contribution is 5.75. The van der Waals surface area contributed by atoms with Crippen molar-refractivity contribution in [1.82, 2.24) is 9.80 Å². The summed E-state index contributed by atoms with van der Waals surface area (Å²) in [6.07, 6.45) is 6.90. The number of carbonyl (C=O) groups excluding carboxylic acids is 1. The molecule has 21 heavy (non-hydrogen) atoms. The van der Waals surface area contributed by atoms with Gasteiger partial charge in [-0.3, -0.25) is 4.79 Å². The molecule has 3 aliphatic rings. The van der Waals surface area contributed by atoms with Gasteiger partial charge in [-0.25, -0.2) is 4.79 Å². The second-order valence-electron chi connectivity index (χ2n) is 7.03. The van der Waals surface area contributed by atoms with Crippen LogP contribution in [0.4, 0.5) is 4.79 Å². The summed E-state index contributed by atoms with van der Waals surface area (Å²) in [6, 6.07) is 0.199. The summed E-state index contributed by atoms with van der Waals surface area (Å²) < 4.78 is 0. The number of piperidine rings is 1. The van der Waals surface area contributed by atoms with Gasteiger partial charge in [-0.2, -0.15) is 0 Å². The predicted molar refractivity (Wildman–Crippen MR) is 79.0 cm³/mol. The van der Waals surface area contributed by atoms with Gasteiger partial charge in [0.25, 0.3) is 0 Å². The Labute approximate surface area is 126 Å². The molecule has 3 rings (SSSR count). The lowest BCUT2D eigenvalue weighted by molar-refractivity contribution is -0.137. The Bertz CT molecular complexity index is 400. The topological polar surface area (TPSA) is 60.9 Å². The van der Waals surface area contributed by atoms with E-state index in [2.05, 4.69) is 0 Å². The number of carboxylic acid groups (broad SMARTS) is 1. The summed E-state index contributed by atoms with van der Waals surface area (Å²) >= 11 is 0. The monoisotopic (exact) mass is 294 g/mol. The number of carbonyl (C=O) groups is 2. The summed E-state index contributed by atoms with van der Waals surface area (Å²) in [5, 5.41) is 8.79. The van der Waals surface area contributed by atoms with Crippen molar-refractivity contribution in [3.63, 3.8) is 0 Å². The molecule has 3 unspecified atom stereocenters. The number of rotatable bonds is 3. The third-order valence-electron chi connectivity index (χ3n) is 5.55. The lowest BCUT2D eigenvalue weighted by Gasteiger charge is -2.35. The minimum Gasteiger partial charge on any atom is -0.481 e. The van der Waals surface area contributed by atoms with Gasteiger partial charge < -0.3 is 14.9 Å². The van der Waals surface area contributed by atoms with Crippen molar-refractivity contribution in [3.05, 3.63) is 0 Å². The number of hydrogen-bond donors (Lipinski definition) is 1. The van der Waals surface area contributed by atoms with E-state index in [1.165, 1.54) is 19.3 Å². The first-order valence-corrected chi connectivity index (χ1v) is 8.39. The first-order valence-electron chi connectivity index (χ1n) is 8.39. The third-order valence-corrected chi connectivity index (χ3v) is 5.55. The molecule has 1 saturated carbocycles. The Hall–Kier alpha value is -1.26. The van der Waals surface area contributed by atoms with Gasteiger partial charge in [0, 0.05) is 32.6 Å². The van der Waals surface area contributed by atoms with Crippen molar-refractivity contribution in [2.75, 3.05) is 26.2 Å². The SMILES string of the molecule is O=C(O)CCC1CCCN(C(=O)N2CC3CCCC3C2)C1. The van der Waals surface area contributed by atoms with Crippen LogP contribution in [0.2, 0.25) is 0 Å². The lowest BCUT2D eigenvalue weighted by Crippen LogP contribution is -2.47. The maximum Gasteiger partial charge on any atom is 0.320 e. The highest BCUT2D eigenvalue weighted by Gasteiger charge is 2.39. The number of fused-ring (bicyclic) bond motifs is 1. The standard InChI is InChI=1S/C16H26N2O3/c19-15(20)7-6-12-3-2-8-17(9-12)16(21)18-10-13-4-1-5-14(13)11-18/h12-14H,1-11H2,(H,19,20). The highest BCUT2D eigenvalue weighted by Crippen LogP contribution is 2.38. The van der Waals surface area contributed by atoms with E-state index in [4.69, 9.17) is 5.11 Å². The normalized spacial score (nSPS) is 32.3. The van der Waals surface area contributed by atoms with Crippen LogP contribution in [-0.4, -0.2) is 53.1 Å². The van der Waals surface area contributed by atoms with Crippen LogP contribution in [0.1, 0.15) is 44.9 Å². The Morgan fingerprint density at radius 1 is 0.952 bits per heavy atom. The molecule has 0 radical (unpaired) electrons. The molecule has 1 aliphatic carbocycles. The molecule has 5 nitrogen and oxygen atoms in total. The minimum absolute atomic E-state index is 0.199. The van der Waals surface area contributed by atoms with E-state index in [0.717, 1.165) is 50.9 Å². The first-order chi connectivity index (χ1) is 10.1. The summed E-state index contributed by atoms with van der Waals surface area (Å²) in [7, 11) is 0. The summed E-state index contributed by atoms with van der Waals surface area (Å²) in [5.41, 5.74) is 0. The van der Waals surface area contributed by atoms with Crippen molar-refractivity contribution in [3.8, 4) is 0 Å². The molecular weight excluding hydrogens is 268 g/mol. The Balaban J connectivity index is 1.51. The number of aliphatic carboxylic acids is 1. The zero-order chi connectivity index (χ0) is 14.8. The van der Waals surface area contributed by atoms with Crippen molar-refractivity contribution >= 4 is 12.0 Å². The van der Waals surface area contributed by atoms with Gasteiger partial charge in [-0.05, 0) is 49.9 Å². The smallest absolute Gasteiger partial charge is 0.320 e. The third kappa shape index (κ3) is 3.33. The van der Waals surface area contributed by atoms with Crippen LogP contribution in [0.3, 0.4) is 0 Å². The van der Waals surface area contributed by atoms with Crippen LogP contribution in [0.25, 0.3) is 0 Å². The van der Waals surface area contributed by atoms with E-state index in [1.807, 2.05) is 9.80 Å². The van der Waals surface area contributed by atoms with Crippen molar-refractivity contribution in [2.45, 2.75) is 44.9 Å². The molecule has 2 aliphatic heterocycles. The Kier molecular flexibility index (Phi) is 4.36. The fourth-order valence-electron chi connectivity index (χ4n) is 4.39. The van der Waals surface area contributed by atoms with E-state index in [1.54, 1.807) is 0 Å². The van der Waals surface area contributed by atoms with Gasteiger partial charge in [0.1, 0.15) is 0 Å². The molecule has 3 atom stereocenters. The van der Waals surface area contributed by atoms with Crippen LogP contribution in [0.15, 0.2) is 0 Å². The fourth-order valence-corrected chi connectivity index (χ4v) is 4.39. The second-order valence-corrected chi connectivity index (χ2v) is 7.03. The van der Waals surface area contributed by atoms with Gasteiger partial charge in [0.05, 0.1) is 0 Å². The molecular formula is C16H26N2O3. The van der Waals surface area contributed by atoms with Gasteiger partial charge >= 0.3 is 12.0 Å². The zero-order valence-electron chi connectivity index (χ0n) is 12.7. The number of urea groups is 1. The van der Waals surface area contributed by atoms with Gasteiger partial charge in [-0.1, -0.05) is 6.42 Å². The quantitative estimate of drug-likeness (QED) is 0.869. The average Bonchev–Trinajstić information content (AvgIpc) is 3.06. The predicted octanol–water partition coefficient (Wildman–Crippen LogP) is 2.42. The number of nitrogens with zero attached hydrogens (tertiary/aromatic N) is 2. The van der Waals surface area contributed by atoms with Crippen LogP contribution in [-0.2, 0) is 4.79 Å². The Morgan fingerprint density at radius 2 is 1.67 bits per heavy atom. The summed E-state index contributed by atoms with van der Waals surface area (Å²) in [5.74, 6) is 1.11. The number of hydrogen-bond acceptors (Lipinski definition) is 2. The van der Waals surface area contributed by atoms with Crippen LogP contribution in [0, 0.1) is 17.8 Å². The molecule has 0 aromatic rings. The van der Waals surface area contributed by atoms with E-state index in [0.29, 0.717) is 12.3 Å². The molecule has 0 aromatic carbocycles. The van der Waals surface area contributed by atoms with Crippen molar-refractivity contribution in [2.24, 2.45) is 17.8 Å². The maximum atomic E-state index is 12.7. The largest absolute Gasteiger partial charge is 0.481 e. The molecule has 2 amide bonds. The Morgan fingerprint density at radius 3 is 2.33 bits per heavy atom. The van der Waals surface area contributed by atoms with Crippen LogP contribution in [0.5, 0.6) is 0 Å². The van der Waals surface area contributed by atoms with Gasteiger partial charge in [0.2, 0.25) is 0 Å². The fraction of sp³-hybridized carbons (Fsp3) is 0.875. The van der Waals surface area contributed by atoms with E-state index >= 15 is 0 Å². The van der Waals surface area contributed by atoms with Crippen LogP contribution >= 0.6 is 0 Å². The highest BCUT2D eigenvalue weighted by atomic mass is 16.4. The average molecular weight is 294 g/mol. The van der Waals surface area contributed by atoms with Crippen molar-refractivity contribution < 1.29 is 14.7 Å². The van der Waals surface area contributed by atoms with Crippen molar-refractivity contribution in [1.29, 1.82) is 0 Å². The van der Waals surface area contributed by atoms with E-state index in [9.17, 15) is 9.59 Å². The summed E-state index contributed by atoms with van der Waals surface area (Å²) in [4.78, 5) is 27.4. The van der Waals surface area contributed by atoms with E-state index in [-0.39, 0.29) is 12.5 Å². The zero-order valence-corrected chi connectivity index (χ0v) is 12.7. The van der Waals surface area contributed by atoms with Gasteiger partial charge in [-0.15, -0.1) is 0 Å². The summed E-state index contributed by atoms with van der Waals surface area (Å²) in [6.45, 7) is 3.48. The molecule has 0 bridgehead atoms. The first kappa shape index (κ1) is 14.7. The minimum atomic E-state index is -0.731. The second kappa shape index (κ2) is 6.24. The molecule has 2 heterocycles. The van der Waals surface area contributed by atoms with Gasteiger partial charge in [0.15, 0.2) is 0 Å². The molecule has 0 aromatic heterocycles.